The van der Waals surface area contributed by atoms with Crippen LogP contribution in [0.1, 0.15) is 5.76 Å². The van der Waals surface area contributed by atoms with E-state index in [1.807, 2.05) is 37.3 Å². The molecule has 0 saturated heterocycles. The van der Waals surface area contributed by atoms with Gasteiger partial charge in [-0.05, 0) is 31.2 Å². The normalized spacial score (nSPS) is 11.1. The number of hydrogen-bond donors (Lipinski definition) is 0. The van der Waals surface area contributed by atoms with Crippen LogP contribution in [0, 0.1) is 6.92 Å². The van der Waals surface area contributed by atoms with E-state index in [-0.39, 0.29) is 12.6 Å². The van der Waals surface area contributed by atoms with Crippen molar-refractivity contribution in [2.75, 3.05) is 35.0 Å². The van der Waals surface area contributed by atoms with Crippen LogP contribution in [0.3, 0.4) is 0 Å². The van der Waals surface area contributed by atoms with Crippen molar-refractivity contribution in [1.82, 2.24) is 14.8 Å². The van der Waals surface area contributed by atoms with Crippen molar-refractivity contribution >= 4 is 0 Å². The van der Waals surface area contributed by atoms with Gasteiger partial charge in [0.05, 0.1) is 14.2 Å². The van der Waals surface area contributed by atoms with Crippen LogP contribution >= 0.6 is 0 Å². The average molecular weight is 389 g/mol. The summed E-state index contributed by atoms with van der Waals surface area (Å²) in [6.45, 7) is 1.97. The Morgan fingerprint density at radius 1 is 0.964 bits per heavy atom. The smallest absolute Gasteiger partial charge is 0.322 e. The van der Waals surface area contributed by atoms with Gasteiger partial charge in [0, 0.05) is 14.2 Å². The molecule has 9 heteroatoms. The zero-order chi connectivity index (χ0) is 20.1. The molecule has 0 radical (unpaired) electrons. The highest BCUT2D eigenvalue weighted by molar-refractivity contribution is 5.63. The fourth-order valence-electron chi connectivity index (χ4n) is 2.71. The maximum atomic E-state index is 5.83. The Labute approximate surface area is 162 Å². The molecular weight excluding hydrogens is 366 g/mol. The lowest BCUT2D eigenvalue weighted by Crippen LogP contribution is -2.23. The first-order valence-electron chi connectivity index (χ1n) is 8.54. The zero-order valence-corrected chi connectivity index (χ0v) is 16.5. The molecule has 150 valence electrons. The van der Waals surface area contributed by atoms with Gasteiger partial charge < -0.3 is 28.1 Å². The SMILES string of the molecule is COc1cccc(OC)c1-n1c(OCC(OC)OC)nnc1-c1ccc(C)o1. The minimum atomic E-state index is -0.556. The summed E-state index contributed by atoms with van der Waals surface area (Å²) in [5, 5.41) is 8.44. The summed E-state index contributed by atoms with van der Waals surface area (Å²) in [4.78, 5) is 0. The zero-order valence-electron chi connectivity index (χ0n) is 16.5. The Balaban J connectivity index is 2.15. The summed E-state index contributed by atoms with van der Waals surface area (Å²) in [6, 6.07) is 9.33. The predicted octanol–water partition coefficient (Wildman–Crippen LogP) is 2.85. The van der Waals surface area contributed by atoms with Crippen LogP contribution in [0.15, 0.2) is 34.7 Å². The lowest BCUT2D eigenvalue weighted by molar-refractivity contribution is -0.123. The van der Waals surface area contributed by atoms with E-state index < -0.39 is 6.29 Å². The van der Waals surface area contributed by atoms with Gasteiger partial charge in [0.25, 0.3) is 0 Å². The fourth-order valence-corrected chi connectivity index (χ4v) is 2.71. The number of benzene rings is 1. The fraction of sp³-hybridized carbons (Fsp3) is 0.368. The Morgan fingerprint density at radius 2 is 1.64 bits per heavy atom. The van der Waals surface area contributed by atoms with Crippen molar-refractivity contribution in [3.05, 3.63) is 36.1 Å². The lowest BCUT2D eigenvalue weighted by atomic mass is 10.2. The minimum Gasteiger partial charge on any atom is -0.494 e. The van der Waals surface area contributed by atoms with Crippen molar-refractivity contribution in [2.24, 2.45) is 0 Å². The molecule has 0 aliphatic rings. The molecule has 0 N–H and O–H groups in total. The third-order valence-electron chi connectivity index (χ3n) is 4.09. The van der Waals surface area contributed by atoms with E-state index in [1.165, 1.54) is 14.2 Å². The third-order valence-corrected chi connectivity index (χ3v) is 4.09. The maximum absolute atomic E-state index is 5.83. The molecule has 1 aromatic carbocycles. The number of rotatable bonds is 9. The van der Waals surface area contributed by atoms with E-state index in [1.54, 1.807) is 18.8 Å². The van der Waals surface area contributed by atoms with Gasteiger partial charge in [-0.3, -0.25) is 0 Å². The van der Waals surface area contributed by atoms with E-state index in [2.05, 4.69) is 10.2 Å². The first-order chi connectivity index (χ1) is 13.6. The Morgan fingerprint density at radius 3 is 2.18 bits per heavy atom. The molecule has 0 atom stereocenters. The third kappa shape index (κ3) is 3.80. The second-order valence-corrected chi connectivity index (χ2v) is 5.77. The van der Waals surface area contributed by atoms with Crippen LogP contribution in [0.25, 0.3) is 17.3 Å². The van der Waals surface area contributed by atoms with E-state index in [0.29, 0.717) is 28.8 Å². The monoisotopic (exact) mass is 389 g/mol. The number of ether oxygens (including phenoxy) is 5. The molecule has 0 spiro atoms. The molecule has 0 bridgehead atoms. The summed E-state index contributed by atoms with van der Waals surface area (Å²) in [5.74, 6) is 2.84. The number of aromatic nitrogens is 3. The molecule has 3 rings (SSSR count). The standard InChI is InChI=1S/C19H23N3O6/c1-12-9-10-15(28-12)18-20-21-19(27-11-16(25-4)26-5)22(18)17-13(23-2)7-6-8-14(17)24-3/h6-10,16H,11H2,1-5H3. The predicted molar refractivity (Wildman–Crippen MR) is 100 cm³/mol. The number of hydrogen-bond acceptors (Lipinski definition) is 8. The topological polar surface area (TPSA) is 90.0 Å². The number of nitrogens with zero attached hydrogens (tertiary/aromatic N) is 3. The van der Waals surface area contributed by atoms with E-state index in [0.717, 1.165) is 5.76 Å². The summed E-state index contributed by atoms with van der Waals surface area (Å²) in [6.07, 6.45) is -0.556. The summed E-state index contributed by atoms with van der Waals surface area (Å²) in [7, 11) is 6.21. The van der Waals surface area contributed by atoms with Crippen LogP contribution in [0.5, 0.6) is 17.5 Å². The number of aryl methyl sites for hydroxylation is 1. The number of para-hydroxylation sites is 1. The Hall–Kier alpha value is -3.04. The van der Waals surface area contributed by atoms with Crippen LogP contribution in [0.4, 0.5) is 0 Å². The highest BCUT2D eigenvalue weighted by Gasteiger charge is 2.25. The van der Waals surface area contributed by atoms with Crippen molar-refractivity contribution in [2.45, 2.75) is 13.2 Å². The molecule has 28 heavy (non-hydrogen) atoms. The van der Waals surface area contributed by atoms with Gasteiger partial charge in [-0.15, -0.1) is 5.10 Å². The molecule has 9 nitrogen and oxygen atoms in total. The van der Waals surface area contributed by atoms with Crippen LogP contribution in [-0.2, 0) is 9.47 Å². The summed E-state index contributed by atoms with van der Waals surface area (Å²) < 4.78 is 34.7. The number of methoxy groups -OCH3 is 4. The maximum Gasteiger partial charge on any atom is 0.322 e. The van der Waals surface area contributed by atoms with E-state index in [9.17, 15) is 0 Å². The van der Waals surface area contributed by atoms with Gasteiger partial charge in [0.15, 0.2) is 12.1 Å². The molecule has 0 amide bonds. The van der Waals surface area contributed by atoms with Gasteiger partial charge in [-0.25, -0.2) is 4.57 Å². The first-order valence-corrected chi connectivity index (χ1v) is 8.54. The van der Waals surface area contributed by atoms with Crippen molar-refractivity contribution < 1.29 is 28.1 Å². The molecule has 2 heterocycles. The van der Waals surface area contributed by atoms with Gasteiger partial charge >= 0.3 is 6.01 Å². The summed E-state index contributed by atoms with van der Waals surface area (Å²) in [5.41, 5.74) is 0.586. The molecule has 0 saturated carbocycles. The van der Waals surface area contributed by atoms with E-state index >= 15 is 0 Å². The molecule has 0 unspecified atom stereocenters. The van der Waals surface area contributed by atoms with Gasteiger partial charge in [-0.1, -0.05) is 11.2 Å². The largest absolute Gasteiger partial charge is 0.494 e. The second-order valence-electron chi connectivity index (χ2n) is 5.77. The van der Waals surface area contributed by atoms with Gasteiger partial charge in [0.2, 0.25) is 5.82 Å². The quantitative estimate of drug-likeness (QED) is 0.516. The Kier molecular flexibility index (Phi) is 6.17. The van der Waals surface area contributed by atoms with Gasteiger partial charge in [-0.2, -0.15) is 0 Å². The summed E-state index contributed by atoms with van der Waals surface area (Å²) >= 11 is 0. The highest BCUT2D eigenvalue weighted by Crippen LogP contribution is 2.38. The first kappa shape index (κ1) is 19.7. The minimum absolute atomic E-state index is 0.111. The molecular formula is C19H23N3O6. The average Bonchev–Trinajstić information content (AvgIpc) is 3.33. The van der Waals surface area contributed by atoms with Crippen LogP contribution in [-0.4, -0.2) is 56.1 Å². The van der Waals surface area contributed by atoms with Crippen molar-refractivity contribution in [1.29, 1.82) is 0 Å². The Bertz CT molecular complexity index is 894. The van der Waals surface area contributed by atoms with Gasteiger partial charge in [0.1, 0.15) is 29.6 Å². The molecule has 0 aliphatic heterocycles. The molecule has 3 aromatic rings. The highest BCUT2D eigenvalue weighted by atomic mass is 16.7. The van der Waals surface area contributed by atoms with Crippen LogP contribution < -0.4 is 14.2 Å². The number of furan rings is 1. The van der Waals surface area contributed by atoms with Crippen LogP contribution in [0.2, 0.25) is 0 Å². The van der Waals surface area contributed by atoms with Crippen molar-refractivity contribution in [3.8, 4) is 34.8 Å². The van der Waals surface area contributed by atoms with E-state index in [4.69, 9.17) is 28.1 Å². The molecule has 2 aromatic heterocycles. The molecule has 0 aliphatic carbocycles. The second kappa shape index (κ2) is 8.77. The molecule has 0 fully saturated rings. The van der Waals surface area contributed by atoms with Crippen molar-refractivity contribution in [3.63, 3.8) is 0 Å². The lowest BCUT2D eigenvalue weighted by Gasteiger charge is -2.18.